The third kappa shape index (κ3) is 3.26. The molecule has 1 aliphatic rings. The van der Waals surface area contributed by atoms with E-state index in [-0.39, 0.29) is 5.56 Å². The molecule has 0 aromatic carbocycles. The standard InChI is InChI=1S/C13H22N4O2/c1-14-6-3-10-4-7-17(8-5-10)12-11(19-2)13(18)16-9-15-12/h9-10,14H,3-8H2,1-2H3,(H,15,16,18). The van der Waals surface area contributed by atoms with E-state index in [4.69, 9.17) is 4.74 Å². The van der Waals surface area contributed by atoms with Crippen molar-refractivity contribution >= 4 is 5.82 Å². The molecule has 6 heteroatoms. The van der Waals surface area contributed by atoms with Crippen LogP contribution in [0.2, 0.25) is 0 Å². The molecule has 2 rings (SSSR count). The number of aromatic nitrogens is 2. The maximum atomic E-state index is 11.7. The summed E-state index contributed by atoms with van der Waals surface area (Å²) in [6, 6.07) is 0. The van der Waals surface area contributed by atoms with Crippen LogP contribution < -0.4 is 20.5 Å². The summed E-state index contributed by atoms with van der Waals surface area (Å²) in [5.41, 5.74) is -0.218. The zero-order valence-electron chi connectivity index (χ0n) is 11.6. The number of hydrogen-bond acceptors (Lipinski definition) is 5. The van der Waals surface area contributed by atoms with Gasteiger partial charge in [-0.2, -0.15) is 0 Å². The number of piperidine rings is 1. The number of rotatable bonds is 5. The zero-order valence-corrected chi connectivity index (χ0v) is 11.6. The second-order valence-electron chi connectivity index (χ2n) is 4.91. The van der Waals surface area contributed by atoms with Crippen molar-refractivity contribution in [3.8, 4) is 5.75 Å². The molecule has 0 aliphatic carbocycles. The van der Waals surface area contributed by atoms with Crippen molar-refractivity contribution in [1.29, 1.82) is 0 Å². The van der Waals surface area contributed by atoms with Crippen LogP contribution >= 0.6 is 0 Å². The van der Waals surface area contributed by atoms with Gasteiger partial charge in [0.15, 0.2) is 5.82 Å². The number of H-pyrrole nitrogens is 1. The summed E-state index contributed by atoms with van der Waals surface area (Å²) >= 11 is 0. The first-order valence-electron chi connectivity index (χ1n) is 6.77. The Kier molecular flexibility index (Phi) is 4.79. The highest BCUT2D eigenvalue weighted by atomic mass is 16.5. The molecule has 0 radical (unpaired) electrons. The maximum Gasteiger partial charge on any atom is 0.295 e. The first kappa shape index (κ1) is 13.9. The van der Waals surface area contributed by atoms with Gasteiger partial charge < -0.3 is 19.9 Å². The number of ether oxygens (including phenoxy) is 1. The predicted molar refractivity (Wildman–Crippen MR) is 74.9 cm³/mol. The van der Waals surface area contributed by atoms with E-state index in [1.165, 1.54) is 19.9 Å². The number of aromatic amines is 1. The third-order valence-electron chi connectivity index (χ3n) is 3.71. The second-order valence-corrected chi connectivity index (χ2v) is 4.91. The molecule has 0 spiro atoms. The molecule has 6 nitrogen and oxygen atoms in total. The van der Waals surface area contributed by atoms with Gasteiger partial charge >= 0.3 is 0 Å². The Hall–Kier alpha value is -1.56. The van der Waals surface area contributed by atoms with Crippen LogP contribution in [-0.4, -0.2) is 43.8 Å². The van der Waals surface area contributed by atoms with E-state index in [1.807, 2.05) is 7.05 Å². The normalized spacial score (nSPS) is 16.6. The van der Waals surface area contributed by atoms with Crippen molar-refractivity contribution in [3.05, 3.63) is 16.7 Å². The number of nitrogens with zero attached hydrogens (tertiary/aromatic N) is 2. The minimum Gasteiger partial charge on any atom is -0.489 e. The Balaban J connectivity index is 2.02. The fourth-order valence-electron chi connectivity index (χ4n) is 2.57. The molecule has 1 aliphatic heterocycles. The summed E-state index contributed by atoms with van der Waals surface area (Å²) in [5, 5.41) is 3.19. The van der Waals surface area contributed by atoms with Gasteiger partial charge in [0.1, 0.15) is 0 Å². The molecule has 106 valence electrons. The first-order chi connectivity index (χ1) is 9.26. The summed E-state index contributed by atoms with van der Waals surface area (Å²) in [6.45, 7) is 2.93. The van der Waals surface area contributed by atoms with Crippen LogP contribution in [-0.2, 0) is 0 Å². The molecule has 0 amide bonds. The fraction of sp³-hybridized carbons (Fsp3) is 0.692. The monoisotopic (exact) mass is 266 g/mol. The first-order valence-corrected chi connectivity index (χ1v) is 6.77. The lowest BCUT2D eigenvalue weighted by Gasteiger charge is -2.33. The highest BCUT2D eigenvalue weighted by Gasteiger charge is 2.23. The van der Waals surface area contributed by atoms with E-state index in [9.17, 15) is 4.79 Å². The lowest BCUT2D eigenvalue weighted by Crippen LogP contribution is -2.36. The molecule has 0 atom stereocenters. The highest BCUT2D eigenvalue weighted by molar-refractivity contribution is 5.50. The molecule has 0 saturated carbocycles. The average molecular weight is 266 g/mol. The Labute approximate surface area is 113 Å². The van der Waals surface area contributed by atoms with Gasteiger partial charge in [0.25, 0.3) is 5.56 Å². The molecule has 1 fully saturated rings. The van der Waals surface area contributed by atoms with Crippen LogP contribution in [0.5, 0.6) is 5.75 Å². The van der Waals surface area contributed by atoms with Gasteiger partial charge in [-0.3, -0.25) is 4.79 Å². The van der Waals surface area contributed by atoms with Gasteiger partial charge in [0, 0.05) is 13.1 Å². The average Bonchev–Trinajstić information content (AvgIpc) is 2.45. The summed E-state index contributed by atoms with van der Waals surface area (Å²) in [4.78, 5) is 20.6. The van der Waals surface area contributed by atoms with Crippen molar-refractivity contribution in [1.82, 2.24) is 15.3 Å². The Morgan fingerprint density at radius 1 is 1.53 bits per heavy atom. The smallest absolute Gasteiger partial charge is 0.295 e. The maximum absolute atomic E-state index is 11.7. The lowest BCUT2D eigenvalue weighted by molar-refractivity contribution is 0.368. The summed E-state index contributed by atoms with van der Waals surface area (Å²) in [7, 11) is 3.50. The topological polar surface area (TPSA) is 70.2 Å². The van der Waals surface area contributed by atoms with E-state index < -0.39 is 0 Å². The van der Waals surface area contributed by atoms with Gasteiger partial charge in [-0.05, 0) is 38.8 Å². The SMILES string of the molecule is CNCCC1CCN(c2nc[nH]c(=O)c2OC)CC1. The molecule has 1 aromatic rings. The minimum atomic E-state index is -0.218. The molecule has 19 heavy (non-hydrogen) atoms. The highest BCUT2D eigenvalue weighted by Crippen LogP contribution is 2.27. The molecule has 1 saturated heterocycles. The second kappa shape index (κ2) is 6.56. The van der Waals surface area contributed by atoms with Crippen molar-refractivity contribution in [2.24, 2.45) is 5.92 Å². The third-order valence-corrected chi connectivity index (χ3v) is 3.71. The molecule has 0 bridgehead atoms. The van der Waals surface area contributed by atoms with Crippen LogP contribution in [0.3, 0.4) is 0 Å². The van der Waals surface area contributed by atoms with Crippen molar-refractivity contribution in [2.45, 2.75) is 19.3 Å². The van der Waals surface area contributed by atoms with Gasteiger partial charge in [0.2, 0.25) is 5.75 Å². The van der Waals surface area contributed by atoms with E-state index in [1.54, 1.807) is 0 Å². The summed E-state index contributed by atoms with van der Waals surface area (Å²) < 4.78 is 5.16. The molecule has 2 heterocycles. The van der Waals surface area contributed by atoms with Crippen molar-refractivity contribution in [2.75, 3.05) is 38.7 Å². The largest absolute Gasteiger partial charge is 0.489 e. The van der Waals surface area contributed by atoms with Crippen LogP contribution in [0.4, 0.5) is 5.82 Å². The van der Waals surface area contributed by atoms with E-state index >= 15 is 0 Å². The summed E-state index contributed by atoms with van der Waals surface area (Å²) in [5.74, 6) is 1.74. The quantitative estimate of drug-likeness (QED) is 0.817. The van der Waals surface area contributed by atoms with E-state index in [2.05, 4.69) is 20.2 Å². The zero-order chi connectivity index (χ0) is 13.7. The van der Waals surface area contributed by atoms with Crippen LogP contribution in [0.1, 0.15) is 19.3 Å². The van der Waals surface area contributed by atoms with Gasteiger partial charge in [-0.1, -0.05) is 0 Å². The molecule has 2 N–H and O–H groups in total. The van der Waals surface area contributed by atoms with E-state index in [0.29, 0.717) is 11.6 Å². The van der Waals surface area contributed by atoms with Crippen LogP contribution in [0.25, 0.3) is 0 Å². The molecular formula is C13H22N4O2. The van der Waals surface area contributed by atoms with Crippen LogP contribution in [0.15, 0.2) is 11.1 Å². The fourth-order valence-corrected chi connectivity index (χ4v) is 2.57. The molecule has 0 unspecified atom stereocenters. The molecular weight excluding hydrogens is 244 g/mol. The minimum absolute atomic E-state index is 0.218. The summed E-state index contributed by atoms with van der Waals surface area (Å²) in [6.07, 6.45) is 4.93. The predicted octanol–water partition coefficient (Wildman–Crippen LogP) is 0.604. The molecule has 1 aromatic heterocycles. The number of hydrogen-bond donors (Lipinski definition) is 2. The van der Waals surface area contributed by atoms with Gasteiger partial charge in [0.05, 0.1) is 13.4 Å². The van der Waals surface area contributed by atoms with Gasteiger partial charge in [-0.15, -0.1) is 0 Å². The van der Waals surface area contributed by atoms with Gasteiger partial charge in [-0.25, -0.2) is 4.98 Å². The lowest BCUT2D eigenvalue weighted by atomic mass is 9.93. The Morgan fingerprint density at radius 3 is 2.89 bits per heavy atom. The number of methoxy groups -OCH3 is 1. The van der Waals surface area contributed by atoms with E-state index in [0.717, 1.165) is 38.4 Å². The Morgan fingerprint density at radius 2 is 2.26 bits per heavy atom. The van der Waals surface area contributed by atoms with Crippen molar-refractivity contribution < 1.29 is 4.74 Å². The van der Waals surface area contributed by atoms with Crippen molar-refractivity contribution in [3.63, 3.8) is 0 Å². The number of anilines is 1. The number of nitrogens with one attached hydrogen (secondary N) is 2. The van der Waals surface area contributed by atoms with Crippen LogP contribution in [0, 0.1) is 5.92 Å². The Bertz CT molecular complexity index is 452.